The van der Waals surface area contributed by atoms with Crippen LogP contribution in [-0.2, 0) is 41.7 Å². The van der Waals surface area contributed by atoms with Crippen LogP contribution in [0.3, 0.4) is 0 Å². The number of hydrogen-bond acceptors (Lipinski definition) is 10. The molecule has 0 saturated heterocycles. The van der Waals surface area contributed by atoms with Gasteiger partial charge in [-0.3, -0.25) is 18.1 Å². The summed E-state index contributed by atoms with van der Waals surface area (Å²) in [5.41, 5.74) is 0. The van der Waals surface area contributed by atoms with Crippen molar-refractivity contribution in [1.82, 2.24) is 9.97 Å². The Bertz CT molecular complexity index is 1010. The molecule has 8 nitrogen and oxygen atoms in total. The normalized spacial score (nSPS) is 11.6. The van der Waals surface area contributed by atoms with E-state index in [1.807, 2.05) is 0 Å². The van der Waals surface area contributed by atoms with E-state index in [1.54, 1.807) is 27.7 Å². The zero-order chi connectivity index (χ0) is 27.5. The van der Waals surface area contributed by atoms with Gasteiger partial charge in [0.25, 0.3) is 0 Å². The Morgan fingerprint density at radius 3 is 1.11 bits per heavy atom. The standard InChI is InChI=1S/2C9H11Cl3NO3PS/c2*1-3-14-17(18,15-4-2)16-9-7(11)5-6(10)8(12)13-9/h2*5H,3-4H2,1-2H3. The number of hydrogen-bond donors (Lipinski definition) is 0. The highest BCUT2D eigenvalue weighted by Crippen LogP contribution is 2.52. The summed E-state index contributed by atoms with van der Waals surface area (Å²) < 4.78 is 32.1. The van der Waals surface area contributed by atoms with E-state index in [0.717, 1.165) is 0 Å². The van der Waals surface area contributed by atoms with E-state index in [-0.39, 0.29) is 42.2 Å². The molecule has 204 valence electrons. The highest BCUT2D eigenvalue weighted by Gasteiger charge is 2.25. The number of nitrogens with zero attached hydrogens (tertiary/aromatic N) is 2. The van der Waals surface area contributed by atoms with Gasteiger partial charge >= 0.3 is 13.4 Å². The lowest BCUT2D eigenvalue weighted by Gasteiger charge is -2.20. The largest absolute Gasteiger partial charge is 0.404 e. The minimum atomic E-state index is -2.92. The van der Waals surface area contributed by atoms with Crippen molar-refractivity contribution >= 4 is 107 Å². The summed E-state index contributed by atoms with van der Waals surface area (Å²) in [5.74, 6) is 0.104. The monoisotopic (exact) mass is 698 g/mol. The Morgan fingerprint density at radius 1 is 0.583 bits per heavy atom. The predicted molar refractivity (Wildman–Crippen MR) is 155 cm³/mol. The van der Waals surface area contributed by atoms with Crippen LogP contribution in [0, 0.1) is 0 Å². The van der Waals surface area contributed by atoms with Gasteiger partial charge in [0.1, 0.15) is 10.0 Å². The summed E-state index contributed by atoms with van der Waals surface area (Å²) in [6.07, 6.45) is 0. The molecule has 0 N–H and O–H groups in total. The fraction of sp³-hybridized carbons (Fsp3) is 0.444. The van der Waals surface area contributed by atoms with Crippen LogP contribution in [0.25, 0.3) is 0 Å². The van der Waals surface area contributed by atoms with E-state index in [4.69, 9.17) is 120 Å². The van der Waals surface area contributed by atoms with Crippen LogP contribution >= 0.6 is 83.0 Å². The van der Waals surface area contributed by atoms with E-state index in [1.165, 1.54) is 12.1 Å². The molecular weight excluding hydrogens is 679 g/mol. The summed E-state index contributed by atoms with van der Waals surface area (Å²) >= 11 is 45.3. The maximum Gasteiger partial charge on any atom is 0.381 e. The molecule has 0 spiro atoms. The first-order valence-corrected chi connectivity index (χ1v) is 17.4. The Labute approximate surface area is 250 Å². The first-order valence-electron chi connectivity index (χ1n) is 10.0. The third-order valence-electron chi connectivity index (χ3n) is 3.25. The maximum absolute atomic E-state index is 5.94. The van der Waals surface area contributed by atoms with Gasteiger partial charge in [0.2, 0.25) is 11.8 Å². The quantitative estimate of drug-likeness (QED) is 0.158. The van der Waals surface area contributed by atoms with Crippen molar-refractivity contribution in [3.8, 4) is 11.8 Å². The number of pyridine rings is 2. The summed E-state index contributed by atoms with van der Waals surface area (Å²) in [5, 5.41) is 0.998. The van der Waals surface area contributed by atoms with Gasteiger partial charge in [-0.2, -0.15) is 9.97 Å². The number of aromatic nitrogens is 2. The molecule has 2 aromatic rings. The molecule has 0 atom stereocenters. The molecule has 0 aliphatic heterocycles. The van der Waals surface area contributed by atoms with Crippen molar-refractivity contribution in [1.29, 1.82) is 0 Å². The molecule has 0 unspecified atom stereocenters. The van der Waals surface area contributed by atoms with Gasteiger partial charge in [-0.05, 0) is 39.8 Å². The highest BCUT2D eigenvalue weighted by atomic mass is 35.5. The van der Waals surface area contributed by atoms with E-state index in [0.29, 0.717) is 26.4 Å². The second-order valence-corrected chi connectivity index (χ2v) is 14.1. The molecule has 2 rings (SSSR count). The average Bonchev–Trinajstić information content (AvgIpc) is 2.77. The molecule has 0 aliphatic rings. The minimum absolute atomic E-state index is 0.0521. The minimum Gasteiger partial charge on any atom is -0.404 e. The van der Waals surface area contributed by atoms with Crippen LogP contribution in [0.5, 0.6) is 11.8 Å². The van der Waals surface area contributed by atoms with Gasteiger partial charge in [0, 0.05) is 23.6 Å². The van der Waals surface area contributed by atoms with Crippen LogP contribution in [0.1, 0.15) is 27.7 Å². The average molecular weight is 701 g/mol. The molecule has 18 heteroatoms. The lowest BCUT2D eigenvalue weighted by molar-refractivity contribution is 0.215. The molecule has 0 amide bonds. The van der Waals surface area contributed by atoms with Crippen molar-refractivity contribution in [2.45, 2.75) is 27.7 Å². The van der Waals surface area contributed by atoms with Gasteiger partial charge in [-0.15, -0.1) is 0 Å². The lowest BCUT2D eigenvalue weighted by atomic mass is 10.5. The molecule has 0 bridgehead atoms. The van der Waals surface area contributed by atoms with Gasteiger partial charge in [0.15, 0.2) is 10.3 Å². The smallest absolute Gasteiger partial charge is 0.381 e. The Hall–Kier alpha value is 0.780. The second-order valence-electron chi connectivity index (χ2n) is 5.84. The topological polar surface area (TPSA) is 81.2 Å². The third kappa shape index (κ3) is 11.5. The summed E-state index contributed by atoms with van der Waals surface area (Å²) in [6.45, 7) is 2.73. The Kier molecular flexibility index (Phi) is 16.2. The molecule has 2 heterocycles. The third-order valence-corrected chi connectivity index (χ3v) is 9.94. The molecule has 0 aliphatic carbocycles. The number of rotatable bonds is 12. The summed E-state index contributed by atoms with van der Waals surface area (Å²) in [4.78, 5) is 7.80. The van der Waals surface area contributed by atoms with E-state index >= 15 is 0 Å². The van der Waals surface area contributed by atoms with Crippen molar-refractivity contribution in [2.24, 2.45) is 0 Å². The lowest BCUT2D eigenvalue weighted by Crippen LogP contribution is -2.03. The molecule has 0 fully saturated rings. The summed E-state index contributed by atoms with van der Waals surface area (Å²) in [6, 6.07) is 2.84. The zero-order valence-corrected chi connectivity index (χ0v) is 27.3. The molecule has 36 heavy (non-hydrogen) atoms. The SMILES string of the molecule is CCOP(=S)(OCC)Oc1nc(Cl)c(Cl)cc1Cl.CCOP(=S)(OCC)Oc1nc(Cl)c(Cl)cc1Cl. The maximum atomic E-state index is 5.94. The number of halogens is 6. The zero-order valence-electron chi connectivity index (χ0n) is 19.3. The second kappa shape index (κ2) is 16.8. The van der Waals surface area contributed by atoms with Crippen molar-refractivity contribution in [3.05, 3.63) is 42.5 Å². The van der Waals surface area contributed by atoms with Gasteiger partial charge in [-0.25, -0.2) is 0 Å². The first-order chi connectivity index (χ1) is 16.8. The van der Waals surface area contributed by atoms with Gasteiger partial charge < -0.3 is 9.05 Å². The van der Waals surface area contributed by atoms with Crippen molar-refractivity contribution in [3.63, 3.8) is 0 Å². The van der Waals surface area contributed by atoms with Crippen LogP contribution in [0.2, 0.25) is 30.4 Å². The van der Waals surface area contributed by atoms with E-state index in [2.05, 4.69) is 9.97 Å². The molecule has 0 radical (unpaired) electrons. The van der Waals surface area contributed by atoms with Crippen LogP contribution < -0.4 is 9.05 Å². The first kappa shape index (κ1) is 34.8. The molecular formula is C18H22Cl6N2O6P2S2. The van der Waals surface area contributed by atoms with Crippen LogP contribution in [0.15, 0.2) is 12.1 Å². The molecule has 2 aromatic heterocycles. The van der Waals surface area contributed by atoms with E-state index in [9.17, 15) is 0 Å². The molecule has 0 aromatic carbocycles. The predicted octanol–water partition coefficient (Wildman–Crippen LogP) is 9.44. The fourth-order valence-electron chi connectivity index (χ4n) is 2.01. The highest BCUT2D eigenvalue weighted by molar-refractivity contribution is 8.08. The van der Waals surface area contributed by atoms with Crippen molar-refractivity contribution in [2.75, 3.05) is 26.4 Å². The van der Waals surface area contributed by atoms with Crippen molar-refractivity contribution < 1.29 is 27.1 Å². The molecule has 0 saturated carbocycles. The van der Waals surface area contributed by atoms with Crippen LogP contribution in [0.4, 0.5) is 0 Å². The fourth-order valence-corrected chi connectivity index (χ4v) is 7.19. The summed E-state index contributed by atoms with van der Waals surface area (Å²) in [7, 11) is 0. The Morgan fingerprint density at radius 2 is 0.861 bits per heavy atom. The van der Waals surface area contributed by atoms with E-state index < -0.39 is 13.4 Å². The Balaban J connectivity index is 0.000000360. The van der Waals surface area contributed by atoms with Gasteiger partial charge in [0.05, 0.1) is 36.5 Å². The van der Waals surface area contributed by atoms with Gasteiger partial charge in [-0.1, -0.05) is 69.6 Å². The van der Waals surface area contributed by atoms with Crippen LogP contribution in [-0.4, -0.2) is 36.4 Å².